The first-order chi connectivity index (χ1) is 8.79. The average Bonchev–Trinajstić information content (AvgIpc) is 2.39. The molecule has 0 aliphatic rings. The van der Waals surface area contributed by atoms with Crippen LogP contribution in [0.25, 0.3) is 0 Å². The zero-order valence-corrected chi connectivity index (χ0v) is 11.1. The monoisotopic (exact) mass is 261 g/mol. The molecule has 1 heterocycles. The number of pyridine rings is 1. The van der Waals surface area contributed by atoms with Crippen molar-refractivity contribution in [2.24, 2.45) is 0 Å². The van der Waals surface area contributed by atoms with Crippen LogP contribution in [0.5, 0.6) is 5.88 Å². The fourth-order valence-corrected chi connectivity index (χ4v) is 1.99. The summed E-state index contributed by atoms with van der Waals surface area (Å²) in [6, 6.07) is 15.9. The Balaban J connectivity index is 2.16. The van der Waals surface area contributed by atoms with E-state index in [0.29, 0.717) is 11.8 Å². The summed E-state index contributed by atoms with van der Waals surface area (Å²) in [5.74, 6) is 1.21. The second kappa shape index (κ2) is 6.41. The second-order valence-corrected chi connectivity index (χ2v) is 4.49. The quantitative estimate of drug-likeness (QED) is 0.755. The van der Waals surface area contributed by atoms with Crippen molar-refractivity contribution in [2.45, 2.75) is 19.4 Å². The van der Waals surface area contributed by atoms with Crippen LogP contribution in [-0.4, -0.2) is 10.9 Å². The third kappa shape index (κ3) is 3.47. The van der Waals surface area contributed by atoms with E-state index in [1.54, 1.807) is 0 Å². The van der Waals surface area contributed by atoms with Crippen LogP contribution in [0.3, 0.4) is 0 Å². The van der Waals surface area contributed by atoms with E-state index in [1.807, 2.05) is 55.5 Å². The van der Waals surface area contributed by atoms with E-state index in [-0.39, 0.29) is 6.10 Å². The third-order valence-electron chi connectivity index (χ3n) is 2.67. The van der Waals surface area contributed by atoms with Crippen molar-refractivity contribution in [3.8, 4) is 5.88 Å². The highest BCUT2D eigenvalue weighted by Crippen LogP contribution is 2.23. The molecule has 0 unspecified atom stereocenters. The minimum atomic E-state index is -0.0435. The van der Waals surface area contributed by atoms with Crippen LogP contribution >= 0.6 is 11.6 Å². The molecule has 2 rings (SSSR count). The fourth-order valence-electron chi connectivity index (χ4n) is 1.79. The van der Waals surface area contributed by atoms with E-state index in [9.17, 15) is 0 Å². The van der Waals surface area contributed by atoms with Crippen LogP contribution in [0.4, 0.5) is 0 Å². The lowest BCUT2D eigenvalue weighted by atomic mass is 10.1. The number of nitrogens with zero attached hydrogens (tertiary/aromatic N) is 1. The molecule has 0 N–H and O–H groups in total. The van der Waals surface area contributed by atoms with E-state index < -0.39 is 0 Å². The maximum atomic E-state index is 5.93. The van der Waals surface area contributed by atoms with Gasteiger partial charge >= 0.3 is 0 Å². The van der Waals surface area contributed by atoms with Gasteiger partial charge in [0.05, 0.1) is 0 Å². The molecular formula is C15H16ClNO. The maximum absolute atomic E-state index is 5.93. The van der Waals surface area contributed by atoms with Crippen molar-refractivity contribution in [2.75, 3.05) is 5.88 Å². The van der Waals surface area contributed by atoms with Gasteiger partial charge in [-0.25, -0.2) is 4.98 Å². The molecule has 2 nitrogen and oxygen atoms in total. The zero-order valence-electron chi connectivity index (χ0n) is 10.3. The van der Waals surface area contributed by atoms with Gasteiger partial charge in [-0.05, 0) is 18.6 Å². The summed E-state index contributed by atoms with van der Waals surface area (Å²) in [5, 5.41) is 0. The molecule has 0 fully saturated rings. The van der Waals surface area contributed by atoms with Gasteiger partial charge in [0.1, 0.15) is 6.10 Å². The molecule has 0 aliphatic heterocycles. The number of rotatable bonds is 5. The summed E-state index contributed by atoms with van der Waals surface area (Å²) < 4.78 is 5.93. The summed E-state index contributed by atoms with van der Waals surface area (Å²) >= 11 is 5.84. The Morgan fingerprint density at radius 3 is 2.56 bits per heavy atom. The van der Waals surface area contributed by atoms with Crippen molar-refractivity contribution in [1.29, 1.82) is 0 Å². The van der Waals surface area contributed by atoms with Crippen molar-refractivity contribution < 1.29 is 4.74 Å². The van der Waals surface area contributed by atoms with Gasteiger partial charge in [0.25, 0.3) is 0 Å². The van der Waals surface area contributed by atoms with Gasteiger partial charge < -0.3 is 4.74 Å². The molecule has 0 amide bonds. The van der Waals surface area contributed by atoms with Crippen molar-refractivity contribution in [3.05, 3.63) is 59.8 Å². The largest absolute Gasteiger partial charge is 0.469 e. The molecule has 1 atom stereocenters. The first kappa shape index (κ1) is 12.9. The van der Waals surface area contributed by atoms with Gasteiger partial charge in [-0.1, -0.05) is 36.4 Å². The van der Waals surface area contributed by atoms with Crippen LogP contribution in [0.15, 0.2) is 48.5 Å². The Morgan fingerprint density at radius 1 is 1.11 bits per heavy atom. The number of halogens is 1. The Morgan fingerprint density at radius 2 is 1.89 bits per heavy atom. The molecule has 18 heavy (non-hydrogen) atoms. The molecular weight excluding hydrogens is 246 g/mol. The summed E-state index contributed by atoms with van der Waals surface area (Å²) in [7, 11) is 0. The minimum absolute atomic E-state index is 0.0435. The average molecular weight is 262 g/mol. The van der Waals surface area contributed by atoms with Crippen LogP contribution in [-0.2, 0) is 0 Å². The molecule has 2 aromatic rings. The van der Waals surface area contributed by atoms with Crippen molar-refractivity contribution >= 4 is 11.6 Å². The van der Waals surface area contributed by atoms with Gasteiger partial charge in [0.15, 0.2) is 0 Å². The van der Waals surface area contributed by atoms with Crippen LogP contribution in [0, 0.1) is 6.92 Å². The molecule has 0 bridgehead atoms. The van der Waals surface area contributed by atoms with Crippen LogP contribution in [0.2, 0.25) is 0 Å². The Kier molecular flexibility index (Phi) is 4.59. The molecule has 0 saturated heterocycles. The first-order valence-electron chi connectivity index (χ1n) is 6.01. The lowest BCUT2D eigenvalue weighted by molar-refractivity contribution is 0.193. The van der Waals surface area contributed by atoms with Gasteiger partial charge in [0.2, 0.25) is 5.88 Å². The number of aromatic nitrogens is 1. The van der Waals surface area contributed by atoms with Gasteiger partial charge in [-0.2, -0.15) is 0 Å². The normalized spacial score (nSPS) is 12.1. The highest BCUT2D eigenvalue weighted by Gasteiger charge is 2.13. The van der Waals surface area contributed by atoms with Gasteiger partial charge in [-0.3, -0.25) is 0 Å². The topological polar surface area (TPSA) is 22.1 Å². The minimum Gasteiger partial charge on any atom is -0.469 e. The number of ether oxygens (including phenoxy) is 1. The van der Waals surface area contributed by atoms with E-state index >= 15 is 0 Å². The number of aryl methyl sites for hydroxylation is 1. The van der Waals surface area contributed by atoms with Crippen LogP contribution < -0.4 is 4.74 Å². The SMILES string of the molecule is Cc1cccc(O[C@H](CCCl)c2ccccc2)n1. The lowest BCUT2D eigenvalue weighted by Crippen LogP contribution is -2.09. The molecule has 0 spiro atoms. The predicted octanol–water partition coefficient (Wildman–Crippen LogP) is 4.14. The summed E-state index contributed by atoms with van der Waals surface area (Å²) in [5.41, 5.74) is 2.08. The van der Waals surface area contributed by atoms with Gasteiger partial charge in [-0.15, -0.1) is 11.6 Å². The standard InChI is InChI=1S/C15H16ClNO/c1-12-6-5-9-15(17-12)18-14(10-11-16)13-7-3-2-4-8-13/h2-9,14H,10-11H2,1H3/t14-/m1/s1. The molecule has 3 heteroatoms. The maximum Gasteiger partial charge on any atom is 0.214 e. The Hall–Kier alpha value is -1.54. The predicted molar refractivity (Wildman–Crippen MR) is 74.1 cm³/mol. The summed E-state index contributed by atoms with van der Waals surface area (Å²) in [4.78, 5) is 4.36. The highest BCUT2D eigenvalue weighted by molar-refractivity contribution is 6.17. The molecule has 0 radical (unpaired) electrons. The highest BCUT2D eigenvalue weighted by atomic mass is 35.5. The number of benzene rings is 1. The molecule has 1 aromatic heterocycles. The Labute approximate surface area is 113 Å². The van der Waals surface area contributed by atoms with Crippen molar-refractivity contribution in [3.63, 3.8) is 0 Å². The van der Waals surface area contributed by atoms with Gasteiger partial charge in [0, 0.05) is 24.1 Å². The number of alkyl halides is 1. The first-order valence-corrected chi connectivity index (χ1v) is 6.54. The number of hydrogen-bond acceptors (Lipinski definition) is 2. The van der Waals surface area contributed by atoms with E-state index in [2.05, 4.69) is 4.98 Å². The lowest BCUT2D eigenvalue weighted by Gasteiger charge is -2.18. The molecule has 0 saturated carbocycles. The smallest absolute Gasteiger partial charge is 0.214 e. The van der Waals surface area contributed by atoms with E-state index in [0.717, 1.165) is 17.7 Å². The fraction of sp³-hybridized carbons (Fsp3) is 0.267. The molecule has 1 aromatic carbocycles. The zero-order chi connectivity index (χ0) is 12.8. The summed E-state index contributed by atoms with van der Waals surface area (Å²) in [6.07, 6.45) is 0.722. The Bertz CT molecular complexity index is 487. The second-order valence-electron chi connectivity index (χ2n) is 4.11. The number of hydrogen-bond donors (Lipinski definition) is 0. The van der Waals surface area contributed by atoms with E-state index in [4.69, 9.17) is 16.3 Å². The molecule has 0 aliphatic carbocycles. The van der Waals surface area contributed by atoms with Crippen LogP contribution in [0.1, 0.15) is 23.8 Å². The molecule has 94 valence electrons. The van der Waals surface area contributed by atoms with Crippen molar-refractivity contribution in [1.82, 2.24) is 4.98 Å². The van der Waals surface area contributed by atoms with E-state index in [1.165, 1.54) is 0 Å². The third-order valence-corrected chi connectivity index (χ3v) is 2.89. The summed E-state index contributed by atoms with van der Waals surface area (Å²) in [6.45, 7) is 1.95.